The van der Waals surface area contributed by atoms with E-state index in [1.165, 1.54) is 0 Å². The van der Waals surface area contributed by atoms with Crippen LogP contribution in [0.1, 0.15) is 32.6 Å². The summed E-state index contributed by atoms with van der Waals surface area (Å²) in [4.78, 5) is 4.33. The number of ether oxygens (including phenoxy) is 1. The van der Waals surface area contributed by atoms with Crippen LogP contribution in [0.25, 0.3) is 0 Å². The average Bonchev–Trinajstić information content (AvgIpc) is 2.44. The number of aliphatic hydroxyl groups is 1. The number of nitrogen functional groups attached to an aromatic ring is 1. The van der Waals surface area contributed by atoms with Gasteiger partial charge in [0.1, 0.15) is 0 Å². The predicted octanol–water partition coefficient (Wildman–Crippen LogP) is 2.03. The molecule has 0 atom stereocenters. The summed E-state index contributed by atoms with van der Waals surface area (Å²) in [6.45, 7) is 2.34. The van der Waals surface area contributed by atoms with Crippen LogP contribution < -0.4 is 15.8 Å². The number of aromatic nitrogens is 1. The summed E-state index contributed by atoms with van der Waals surface area (Å²) >= 11 is 0. The molecule has 5 nitrogen and oxygen atoms in total. The topological polar surface area (TPSA) is 80.4 Å². The number of nitrogens with two attached hydrogens (primary N) is 1. The molecule has 0 spiro atoms. The van der Waals surface area contributed by atoms with Crippen molar-refractivity contribution in [2.24, 2.45) is 5.92 Å². The molecule has 0 radical (unpaired) electrons. The maximum atomic E-state index is 9.74. The Morgan fingerprint density at radius 1 is 1.47 bits per heavy atom. The second kappa shape index (κ2) is 5.65. The number of aliphatic hydroxyl groups excluding tert-OH is 1. The first-order valence-electron chi connectivity index (χ1n) is 6.78. The third kappa shape index (κ3) is 3.10. The summed E-state index contributed by atoms with van der Waals surface area (Å²) < 4.78 is 5.11. The van der Waals surface area contributed by atoms with Gasteiger partial charge in [-0.05, 0) is 37.7 Å². The zero-order valence-electron chi connectivity index (χ0n) is 11.6. The van der Waals surface area contributed by atoms with Crippen LogP contribution in [0.3, 0.4) is 0 Å². The quantitative estimate of drug-likeness (QED) is 0.776. The van der Waals surface area contributed by atoms with Crippen LogP contribution in [0.5, 0.6) is 5.88 Å². The van der Waals surface area contributed by atoms with Crippen LogP contribution in [0.15, 0.2) is 12.1 Å². The van der Waals surface area contributed by atoms with E-state index in [0.29, 0.717) is 17.4 Å². The Morgan fingerprint density at radius 3 is 2.74 bits per heavy atom. The second-order valence-electron chi connectivity index (χ2n) is 5.54. The van der Waals surface area contributed by atoms with Crippen LogP contribution in [-0.2, 0) is 0 Å². The predicted molar refractivity (Wildman–Crippen MR) is 76.3 cm³/mol. The number of nitrogens with zero attached hydrogens (tertiary/aromatic N) is 1. The lowest BCUT2D eigenvalue weighted by atomic mass is 9.77. The van der Waals surface area contributed by atoms with Crippen molar-refractivity contribution in [1.82, 2.24) is 4.98 Å². The van der Waals surface area contributed by atoms with Gasteiger partial charge in [-0.2, -0.15) is 4.98 Å². The standard InChI is InChI=1S/C14H23N3O2/c1-10-5-7-14(9-18,8-6-10)17-13-11(15)3-4-12(16-13)19-2/h3-4,10,18H,5-9,15H2,1-2H3,(H,16,17). The first kappa shape index (κ1) is 13.9. The Balaban J connectivity index is 2.18. The van der Waals surface area contributed by atoms with Crippen LogP contribution in [0.2, 0.25) is 0 Å². The zero-order valence-corrected chi connectivity index (χ0v) is 11.6. The largest absolute Gasteiger partial charge is 0.481 e. The smallest absolute Gasteiger partial charge is 0.215 e. The van der Waals surface area contributed by atoms with Crippen molar-refractivity contribution in [3.8, 4) is 5.88 Å². The van der Waals surface area contributed by atoms with Gasteiger partial charge < -0.3 is 20.9 Å². The lowest BCUT2D eigenvalue weighted by Crippen LogP contribution is -2.45. The summed E-state index contributed by atoms with van der Waals surface area (Å²) in [6, 6.07) is 3.50. The minimum Gasteiger partial charge on any atom is -0.481 e. The number of hydrogen-bond donors (Lipinski definition) is 3. The highest BCUT2D eigenvalue weighted by atomic mass is 16.5. The van der Waals surface area contributed by atoms with Crippen LogP contribution in [-0.4, -0.2) is 29.3 Å². The van der Waals surface area contributed by atoms with Crippen LogP contribution in [0.4, 0.5) is 11.5 Å². The molecule has 1 heterocycles. The molecule has 1 aliphatic carbocycles. The number of hydrogen-bond acceptors (Lipinski definition) is 5. The van der Waals surface area contributed by atoms with Crippen molar-refractivity contribution in [3.63, 3.8) is 0 Å². The molecule has 0 amide bonds. The van der Waals surface area contributed by atoms with E-state index in [2.05, 4.69) is 17.2 Å². The molecule has 106 valence electrons. The van der Waals surface area contributed by atoms with Gasteiger partial charge >= 0.3 is 0 Å². The van der Waals surface area contributed by atoms with Gasteiger partial charge in [-0.1, -0.05) is 6.92 Å². The van der Waals surface area contributed by atoms with E-state index in [1.54, 1.807) is 19.2 Å². The Hall–Kier alpha value is -1.49. The van der Waals surface area contributed by atoms with E-state index >= 15 is 0 Å². The van der Waals surface area contributed by atoms with Crippen LogP contribution in [0, 0.1) is 5.92 Å². The van der Waals surface area contributed by atoms with Crippen molar-refractivity contribution >= 4 is 11.5 Å². The number of methoxy groups -OCH3 is 1. The number of pyridine rings is 1. The molecule has 0 saturated heterocycles. The van der Waals surface area contributed by atoms with E-state index in [-0.39, 0.29) is 12.1 Å². The third-order valence-electron chi connectivity index (χ3n) is 4.03. The lowest BCUT2D eigenvalue weighted by molar-refractivity contribution is 0.155. The van der Waals surface area contributed by atoms with E-state index in [1.807, 2.05) is 0 Å². The van der Waals surface area contributed by atoms with E-state index < -0.39 is 0 Å². The third-order valence-corrected chi connectivity index (χ3v) is 4.03. The van der Waals surface area contributed by atoms with Crippen molar-refractivity contribution in [2.75, 3.05) is 24.8 Å². The monoisotopic (exact) mass is 265 g/mol. The number of nitrogens with one attached hydrogen (secondary N) is 1. The fourth-order valence-electron chi connectivity index (χ4n) is 2.55. The molecule has 4 N–H and O–H groups in total. The molecular formula is C14H23N3O2. The summed E-state index contributed by atoms with van der Waals surface area (Å²) in [6.07, 6.45) is 4.08. The van der Waals surface area contributed by atoms with Gasteiger partial charge in [0.2, 0.25) is 5.88 Å². The molecule has 5 heteroatoms. The molecule has 19 heavy (non-hydrogen) atoms. The Bertz CT molecular complexity index is 429. The maximum Gasteiger partial charge on any atom is 0.215 e. The Morgan fingerprint density at radius 2 is 2.16 bits per heavy atom. The number of rotatable bonds is 4. The van der Waals surface area contributed by atoms with Gasteiger partial charge in [0.15, 0.2) is 5.82 Å². The first-order chi connectivity index (χ1) is 9.08. The van der Waals surface area contributed by atoms with E-state index in [0.717, 1.165) is 31.6 Å². The molecule has 0 bridgehead atoms. The summed E-state index contributed by atoms with van der Waals surface area (Å²) in [5.41, 5.74) is 6.21. The fourth-order valence-corrected chi connectivity index (χ4v) is 2.55. The highest BCUT2D eigenvalue weighted by molar-refractivity contribution is 5.63. The zero-order chi connectivity index (χ0) is 13.9. The average molecular weight is 265 g/mol. The van der Waals surface area contributed by atoms with E-state index in [4.69, 9.17) is 10.5 Å². The number of anilines is 2. The molecule has 0 aliphatic heterocycles. The van der Waals surface area contributed by atoms with Crippen molar-refractivity contribution in [2.45, 2.75) is 38.1 Å². The molecule has 1 saturated carbocycles. The SMILES string of the molecule is COc1ccc(N)c(NC2(CO)CCC(C)CC2)n1. The first-order valence-corrected chi connectivity index (χ1v) is 6.78. The summed E-state index contributed by atoms with van der Waals surface area (Å²) in [7, 11) is 1.58. The highest BCUT2D eigenvalue weighted by Crippen LogP contribution is 2.35. The van der Waals surface area contributed by atoms with E-state index in [9.17, 15) is 5.11 Å². The molecule has 1 fully saturated rings. The molecule has 1 aliphatic rings. The molecule has 0 unspecified atom stereocenters. The van der Waals surface area contributed by atoms with Gasteiger partial charge in [-0.15, -0.1) is 0 Å². The van der Waals surface area contributed by atoms with Crippen molar-refractivity contribution in [1.29, 1.82) is 0 Å². The molecule has 1 aromatic rings. The fraction of sp³-hybridized carbons (Fsp3) is 0.643. The normalized spacial score (nSPS) is 27.0. The summed E-state index contributed by atoms with van der Waals surface area (Å²) in [5.74, 6) is 1.84. The Labute approximate surface area is 114 Å². The van der Waals surface area contributed by atoms with Crippen molar-refractivity contribution in [3.05, 3.63) is 12.1 Å². The van der Waals surface area contributed by atoms with Crippen molar-refractivity contribution < 1.29 is 9.84 Å². The highest BCUT2D eigenvalue weighted by Gasteiger charge is 2.34. The second-order valence-corrected chi connectivity index (χ2v) is 5.54. The maximum absolute atomic E-state index is 9.74. The lowest BCUT2D eigenvalue weighted by Gasteiger charge is -2.39. The van der Waals surface area contributed by atoms with Gasteiger partial charge in [-0.3, -0.25) is 0 Å². The summed E-state index contributed by atoms with van der Waals surface area (Å²) in [5, 5.41) is 13.1. The van der Waals surface area contributed by atoms with Gasteiger partial charge in [0, 0.05) is 6.07 Å². The molecule has 1 aromatic heterocycles. The minimum atomic E-state index is -0.306. The Kier molecular flexibility index (Phi) is 4.14. The molecular weight excluding hydrogens is 242 g/mol. The molecule has 2 rings (SSSR count). The minimum absolute atomic E-state index is 0.0953. The van der Waals surface area contributed by atoms with Gasteiger partial charge in [0.05, 0.1) is 24.9 Å². The van der Waals surface area contributed by atoms with Crippen LogP contribution >= 0.6 is 0 Å². The van der Waals surface area contributed by atoms with Gasteiger partial charge in [0.25, 0.3) is 0 Å². The molecule has 0 aromatic carbocycles. The van der Waals surface area contributed by atoms with Gasteiger partial charge in [-0.25, -0.2) is 0 Å².